The van der Waals surface area contributed by atoms with Gasteiger partial charge in [-0.2, -0.15) is 0 Å². The average molecular weight is 546 g/mol. The predicted octanol–water partition coefficient (Wildman–Crippen LogP) is 2.47. The van der Waals surface area contributed by atoms with Gasteiger partial charge < -0.3 is 10.1 Å². The van der Waals surface area contributed by atoms with Crippen molar-refractivity contribution in [2.75, 3.05) is 11.9 Å². The summed E-state index contributed by atoms with van der Waals surface area (Å²) in [5.74, 6) is -3.31. The molecule has 3 fully saturated rings. The molecular formula is C20H19Br2FN2O5. The number of carbonyl (C=O) groups is 4. The van der Waals surface area contributed by atoms with E-state index in [4.69, 9.17) is 4.74 Å². The fourth-order valence-corrected chi connectivity index (χ4v) is 6.72. The van der Waals surface area contributed by atoms with Gasteiger partial charge in [0.25, 0.3) is 5.91 Å². The van der Waals surface area contributed by atoms with E-state index in [1.54, 1.807) is 0 Å². The first kappa shape index (κ1) is 21.4. The summed E-state index contributed by atoms with van der Waals surface area (Å²) in [5, 5.41) is 2.47. The van der Waals surface area contributed by atoms with E-state index in [0.717, 1.165) is 11.3 Å². The van der Waals surface area contributed by atoms with E-state index in [0.29, 0.717) is 5.69 Å². The molecule has 10 heteroatoms. The van der Waals surface area contributed by atoms with Crippen molar-refractivity contribution < 1.29 is 28.3 Å². The van der Waals surface area contributed by atoms with Crippen LogP contribution in [0, 0.1) is 29.5 Å². The van der Waals surface area contributed by atoms with Crippen LogP contribution in [0.25, 0.3) is 0 Å². The second-order valence-corrected chi connectivity index (χ2v) is 10.0. The Labute approximate surface area is 188 Å². The second-order valence-electron chi connectivity index (χ2n) is 7.89. The number of halogens is 3. The van der Waals surface area contributed by atoms with Gasteiger partial charge in [-0.15, -0.1) is 0 Å². The molecule has 1 aromatic rings. The van der Waals surface area contributed by atoms with Crippen LogP contribution in [0.1, 0.15) is 13.3 Å². The maximum absolute atomic E-state index is 12.9. The Balaban J connectivity index is 1.36. The van der Waals surface area contributed by atoms with Gasteiger partial charge in [-0.1, -0.05) is 31.9 Å². The van der Waals surface area contributed by atoms with E-state index in [1.807, 2.05) is 0 Å². The summed E-state index contributed by atoms with van der Waals surface area (Å²) in [6.07, 6.45) is 0.800. The first-order valence-electron chi connectivity index (χ1n) is 9.57. The molecule has 30 heavy (non-hydrogen) atoms. The largest absolute Gasteiger partial charge is 0.454 e. The molecule has 7 nitrogen and oxygen atoms in total. The SMILES string of the molecule is C[C@H](C(=O)OCC(=O)Nc1ccc(F)cc1)N1C(=O)[C@@H]2[C@H]3C[C@@H]([C@H](Br)[C@H]3Br)[C@H]2C1=O. The van der Waals surface area contributed by atoms with E-state index in [1.165, 1.54) is 31.2 Å². The van der Waals surface area contributed by atoms with Gasteiger partial charge in [-0.05, 0) is 49.4 Å². The number of alkyl halides is 2. The van der Waals surface area contributed by atoms with Crippen molar-refractivity contribution in [2.24, 2.45) is 23.7 Å². The lowest BCUT2D eigenvalue weighted by Gasteiger charge is -2.28. The third-order valence-corrected chi connectivity index (χ3v) is 9.43. The smallest absolute Gasteiger partial charge is 0.329 e. The Morgan fingerprint density at radius 1 is 1.13 bits per heavy atom. The molecule has 1 heterocycles. The lowest BCUT2D eigenvalue weighted by atomic mass is 9.81. The van der Waals surface area contributed by atoms with Gasteiger partial charge in [-0.3, -0.25) is 19.3 Å². The summed E-state index contributed by atoms with van der Waals surface area (Å²) in [5.41, 5.74) is 0.354. The van der Waals surface area contributed by atoms with Crippen LogP contribution in [-0.4, -0.2) is 50.9 Å². The number of ether oxygens (including phenoxy) is 1. The molecule has 4 rings (SSSR count). The van der Waals surface area contributed by atoms with Crippen molar-refractivity contribution in [2.45, 2.75) is 29.0 Å². The summed E-state index contributed by atoms with van der Waals surface area (Å²) in [4.78, 5) is 51.5. The fourth-order valence-electron chi connectivity index (χ4n) is 4.85. The maximum Gasteiger partial charge on any atom is 0.329 e. The lowest BCUT2D eigenvalue weighted by Crippen LogP contribution is -2.45. The number of fused-ring (bicyclic) bond motifs is 5. The van der Waals surface area contributed by atoms with E-state index >= 15 is 0 Å². The number of likely N-dealkylation sites (tertiary alicyclic amines) is 1. The van der Waals surface area contributed by atoms with Crippen molar-refractivity contribution >= 4 is 61.2 Å². The zero-order chi connectivity index (χ0) is 21.7. The topological polar surface area (TPSA) is 92.8 Å². The highest BCUT2D eigenvalue weighted by Gasteiger charge is 2.67. The van der Waals surface area contributed by atoms with Gasteiger partial charge in [-0.25, -0.2) is 9.18 Å². The van der Waals surface area contributed by atoms with Gasteiger partial charge in [0.05, 0.1) is 11.8 Å². The number of nitrogens with zero attached hydrogens (tertiary/aromatic N) is 1. The van der Waals surface area contributed by atoms with Gasteiger partial charge in [0.1, 0.15) is 11.9 Å². The van der Waals surface area contributed by atoms with Crippen molar-refractivity contribution in [1.29, 1.82) is 0 Å². The van der Waals surface area contributed by atoms with Crippen LogP contribution in [0.4, 0.5) is 10.1 Å². The Bertz CT molecular complexity index is 879. The molecule has 1 saturated heterocycles. The molecule has 0 aromatic heterocycles. The number of amides is 3. The van der Waals surface area contributed by atoms with Gasteiger partial charge in [0, 0.05) is 15.3 Å². The summed E-state index contributed by atoms with van der Waals surface area (Å²) in [7, 11) is 0. The molecule has 160 valence electrons. The quantitative estimate of drug-likeness (QED) is 0.348. The van der Waals surface area contributed by atoms with Gasteiger partial charge in [0.15, 0.2) is 6.61 Å². The average Bonchev–Trinajstić information content (AvgIpc) is 3.32. The molecule has 0 radical (unpaired) electrons. The highest BCUT2D eigenvalue weighted by Crippen LogP contribution is 2.60. The third-order valence-electron chi connectivity index (χ3n) is 6.22. The van der Waals surface area contributed by atoms with Crippen LogP contribution in [0.3, 0.4) is 0 Å². The molecule has 2 aliphatic carbocycles. The van der Waals surface area contributed by atoms with Gasteiger partial charge >= 0.3 is 5.97 Å². The Kier molecular flexibility index (Phi) is 5.73. The number of imide groups is 1. The lowest BCUT2D eigenvalue weighted by molar-refractivity contribution is -0.159. The molecule has 0 unspecified atom stereocenters. The summed E-state index contributed by atoms with van der Waals surface area (Å²) in [6.45, 7) is 0.845. The molecule has 1 aromatic carbocycles. The number of benzene rings is 1. The number of carbonyl (C=O) groups excluding carboxylic acids is 4. The van der Waals surface area contributed by atoms with Crippen molar-refractivity contribution in [1.82, 2.24) is 4.90 Å². The summed E-state index contributed by atoms with van der Waals surface area (Å²) >= 11 is 7.23. The molecule has 3 aliphatic rings. The van der Waals surface area contributed by atoms with E-state index in [9.17, 15) is 23.6 Å². The van der Waals surface area contributed by atoms with E-state index in [-0.39, 0.29) is 33.3 Å². The normalized spacial score (nSPS) is 32.9. The Morgan fingerprint density at radius 3 is 2.20 bits per heavy atom. The van der Waals surface area contributed by atoms with Gasteiger partial charge in [0.2, 0.25) is 11.8 Å². The van der Waals surface area contributed by atoms with Crippen molar-refractivity contribution in [3.05, 3.63) is 30.1 Å². The number of anilines is 1. The zero-order valence-electron chi connectivity index (χ0n) is 15.9. The summed E-state index contributed by atoms with van der Waals surface area (Å²) in [6, 6.07) is 4.01. The molecule has 2 bridgehead atoms. The van der Waals surface area contributed by atoms with Crippen LogP contribution in [0.5, 0.6) is 0 Å². The van der Waals surface area contributed by atoms with Crippen LogP contribution in [-0.2, 0) is 23.9 Å². The Morgan fingerprint density at radius 2 is 1.67 bits per heavy atom. The van der Waals surface area contributed by atoms with Crippen molar-refractivity contribution in [3.63, 3.8) is 0 Å². The molecule has 1 N–H and O–H groups in total. The Hall–Kier alpha value is -1.81. The summed E-state index contributed by atoms with van der Waals surface area (Å²) < 4.78 is 17.9. The number of nitrogens with one attached hydrogen (secondary N) is 1. The molecule has 0 spiro atoms. The minimum Gasteiger partial charge on any atom is -0.454 e. The minimum atomic E-state index is -1.11. The molecule has 2 saturated carbocycles. The number of hydrogen-bond acceptors (Lipinski definition) is 5. The van der Waals surface area contributed by atoms with Crippen LogP contribution in [0.2, 0.25) is 0 Å². The third kappa shape index (κ3) is 3.47. The van der Waals surface area contributed by atoms with Crippen LogP contribution in [0.15, 0.2) is 24.3 Å². The van der Waals surface area contributed by atoms with E-state index in [2.05, 4.69) is 37.2 Å². The number of esters is 1. The molecular weight excluding hydrogens is 527 g/mol. The first-order chi connectivity index (χ1) is 14.2. The van der Waals surface area contributed by atoms with Crippen LogP contribution < -0.4 is 5.32 Å². The second kappa shape index (κ2) is 8.03. The zero-order valence-corrected chi connectivity index (χ0v) is 19.1. The molecule has 3 amide bonds. The molecule has 7 atom stereocenters. The maximum atomic E-state index is 12.9. The van der Waals surface area contributed by atoms with Crippen LogP contribution >= 0.6 is 31.9 Å². The number of hydrogen-bond donors (Lipinski definition) is 1. The number of rotatable bonds is 5. The standard InChI is InChI=1S/C20H19Br2FN2O5/c1-8(20(29)30-7-13(26)24-10-4-2-9(23)3-5-10)25-18(27)14-11-6-12(15(14)19(25)28)17(22)16(11)21/h2-5,8,11-12,14-17H,6-7H2,1H3,(H,24,26)/t8-,11-,12-,14-,15-,16+,17+/m1/s1. The highest BCUT2D eigenvalue weighted by atomic mass is 79.9. The highest BCUT2D eigenvalue weighted by molar-refractivity contribution is 9.12. The minimum absolute atomic E-state index is 0.0514. The predicted molar refractivity (Wildman–Crippen MR) is 111 cm³/mol. The van der Waals surface area contributed by atoms with Crippen molar-refractivity contribution in [3.8, 4) is 0 Å². The molecule has 1 aliphatic heterocycles. The monoisotopic (exact) mass is 544 g/mol. The van der Waals surface area contributed by atoms with E-state index < -0.39 is 42.2 Å². The first-order valence-corrected chi connectivity index (χ1v) is 11.4. The fraction of sp³-hybridized carbons (Fsp3) is 0.500.